The second-order valence-electron chi connectivity index (χ2n) is 6.11. The average molecular weight is 286 g/mol. The molecule has 1 aliphatic heterocycles. The molecule has 0 aliphatic carbocycles. The van der Waals surface area contributed by atoms with E-state index in [0.717, 1.165) is 58.8 Å². The third kappa shape index (κ3) is 7.58. The van der Waals surface area contributed by atoms with Crippen molar-refractivity contribution in [2.45, 2.75) is 52.7 Å². The molecule has 1 aliphatic rings. The normalized spacial score (nSPS) is 23.1. The predicted molar refractivity (Wildman–Crippen MR) is 84.2 cm³/mol. The Morgan fingerprint density at radius 1 is 1.20 bits per heavy atom. The van der Waals surface area contributed by atoms with Crippen LogP contribution in [0, 0.1) is 5.92 Å². The SMILES string of the molecule is CCN(CC)CCOCC1CCC(CNCC(C)C)O1. The van der Waals surface area contributed by atoms with Crippen LogP contribution < -0.4 is 5.32 Å². The van der Waals surface area contributed by atoms with Gasteiger partial charge in [0.2, 0.25) is 0 Å². The first kappa shape index (κ1) is 17.9. The van der Waals surface area contributed by atoms with Crippen molar-refractivity contribution >= 4 is 0 Å². The summed E-state index contributed by atoms with van der Waals surface area (Å²) in [6.45, 7) is 15.7. The summed E-state index contributed by atoms with van der Waals surface area (Å²) in [4.78, 5) is 2.38. The van der Waals surface area contributed by atoms with E-state index in [4.69, 9.17) is 9.47 Å². The van der Waals surface area contributed by atoms with Gasteiger partial charge in [0.15, 0.2) is 0 Å². The van der Waals surface area contributed by atoms with Gasteiger partial charge in [-0.15, -0.1) is 0 Å². The van der Waals surface area contributed by atoms with Crippen LogP contribution in [0.25, 0.3) is 0 Å². The summed E-state index contributed by atoms with van der Waals surface area (Å²) in [7, 11) is 0. The van der Waals surface area contributed by atoms with Gasteiger partial charge in [-0.3, -0.25) is 0 Å². The highest BCUT2D eigenvalue weighted by Crippen LogP contribution is 2.19. The average Bonchev–Trinajstić information content (AvgIpc) is 2.86. The monoisotopic (exact) mass is 286 g/mol. The third-order valence-electron chi connectivity index (χ3n) is 3.87. The summed E-state index contributed by atoms with van der Waals surface area (Å²) in [6.07, 6.45) is 2.98. The molecule has 1 heterocycles. The van der Waals surface area contributed by atoms with Crippen LogP contribution >= 0.6 is 0 Å². The number of ether oxygens (including phenoxy) is 2. The van der Waals surface area contributed by atoms with Gasteiger partial charge in [0.05, 0.1) is 25.4 Å². The van der Waals surface area contributed by atoms with Crippen molar-refractivity contribution in [3.63, 3.8) is 0 Å². The van der Waals surface area contributed by atoms with E-state index in [1.54, 1.807) is 0 Å². The van der Waals surface area contributed by atoms with Crippen molar-refractivity contribution in [3.8, 4) is 0 Å². The van der Waals surface area contributed by atoms with Crippen LogP contribution in [0.15, 0.2) is 0 Å². The smallest absolute Gasteiger partial charge is 0.0813 e. The minimum Gasteiger partial charge on any atom is -0.377 e. The van der Waals surface area contributed by atoms with E-state index in [1.165, 1.54) is 0 Å². The summed E-state index contributed by atoms with van der Waals surface area (Å²) in [6, 6.07) is 0. The van der Waals surface area contributed by atoms with Gasteiger partial charge >= 0.3 is 0 Å². The summed E-state index contributed by atoms with van der Waals surface area (Å²) >= 11 is 0. The molecular weight excluding hydrogens is 252 g/mol. The highest BCUT2D eigenvalue weighted by atomic mass is 16.5. The molecule has 0 bridgehead atoms. The minimum absolute atomic E-state index is 0.303. The molecule has 4 nitrogen and oxygen atoms in total. The molecule has 0 aromatic heterocycles. The standard InChI is InChI=1S/C16H34N2O2/c1-5-18(6-2)9-10-19-13-16-8-7-15(20-16)12-17-11-14(3)4/h14-17H,5-13H2,1-4H3. The number of likely N-dealkylation sites (N-methyl/N-ethyl adjacent to an activating group) is 1. The van der Waals surface area contributed by atoms with E-state index in [1.807, 2.05) is 0 Å². The highest BCUT2D eigenvalue weighted by Gasteiger charge is 2.24. The van der Waals surface area contributed by atoms with Gasteiger partial charge in [-0.25, -0.2) is 0 Å². The maximum atomic E-state index is 6.00. The fourth-order valence-electron chi connectivity index (χ4n) is 2.53. The Morgan fingerprint density at radius 2 is 1.90 bits per heavy atom. The fourth-order valence-corrected chi connectivity index (χ4v) is 2.53. The van der Waals surface area contributed by atoms with Gasteiger partial charge in [0.1, 0.15) is 0 Å². The van der Waals surface area contributed by atoms with Crippen LogP contribution in [0.3, 0.4) is 0 Å². The molecule has 0 spiro atoms. The molecule has 2 atom stereocenters. The lowest BCUT2D eigenvalue weighted by Crippen LogP contribution is -2.31. The molecule has 0 aromatic rings. The minimum atomic E-state index is 0.303. The molecular formula is C16H34N2O2. The van der Waals surface area contributed by atoms with E-state index in [9.17, 15) is 0 Å². The number of hydrogen-bond donors (Lipinski definition) is 1. The molecule has 20 heavy (non-hydrogen) atoms. The van der Waals surface area contributed by atoms with Crippen molar-refractivity contribution in [1.29, 1.82) is 0 Å². The lowest BCUT2D eigenvalue weighted by Gasteiger charge is -2.19. The highest BCUT2D eigenvalue weighted by molar-refractivity contribution is 4.75. The van der Waals surface area contributed by atoms with Gasteiger partial charge < -0.3 is 19.7 Å². The zero-order valence-corrected chi connectivity index (χ0v) is 13.9. The van der Waals surface area contributed by atoms with E-state index in [0.29, 0.717) is 18.1 Å². The Hall–Kier alpha value is -0.160. The van der Waals surface area contributed by atoms with Crippen LogP contribution in [-0.2, 0) is 9.47 Å². The number of hydrogen-bond acceptors (Lipinski definition) is 4. The largest absolute Gasteiger partial charge is 0.377 e. The topological polar surface area (TPSA) is 33.7 Å². The van der Waals surface area contributed by atoms with Crippen molar-refractivity contribution in [3.05, 3.63) is 0 Å². The van der Waals surface area contributed by atoms with E-state index < -0.39 is 0 Å². The Kier molecular flexibility index (Phi) is 9.44. The Morgan fingerprint density at radius 3 is 2.55 bits per heavy atom. The second-order valence-corrected chi connectivity index (χ2v) is 6.11. The first-order valence-electron chi connectivity index (χ1n) is 8.31. The summed E-state index contributed by atoms with van der Waals surface area (Å²) in [5, 5.41) is 3.47. The third-order valence-corrected chi connectivity index (χ3v) is 3.87. The van der Waals surface area contributed by atoms with E-state index in [2.05, 4.69) is 37.9 Å². The van der Waals surface area contributed by atoms with E-state index in [-0.39, 0.29) is 0 Å². The van der Waals surface area contributed by atoms with E-state index >= 15 is 0 Å². The molecule has 0 amide bonds. The maximum Gasteiger partial charge on any atom is 0.0813 e. The first-order chi connectivity index (χ1) is 9.65. The van der Waals surface area contributed by atoms with Gasteiger partial charge in [-0.1, -0.05) is 27.7 Å². The van der Waals surface area contributed by atoms with Crippen molar-refractivity contribution in [1.82, 2.24) is 10.2 Å². The number of rotatable bonds is 11. The van der Waals surface area contributed by atoms with Crippen LogP contribution in [0.4, 0.5) is 0 Å². The van der Waals surface area contributed by atoms with Gasteiger partial charge in [-0.05, 0) is 38.4 Å². The quantitative estimate of drug-likeness (QED) is 0.590. The summed E-state index contributed by atoms with van der Waals surface area (Å²) < 4.78 is 11.8. The Bertz CT molecular complexity index is 233. The Labute approximate surface area is 125 Å². The van der Waals surface area contributed by atoms with Crippen molar-refractivity contribution in [2.75, 3.05) is 45.9 Å². The van der Waals surface area contributed by atoms with Gasteiger partial charge in [-0.2, -0.15) is 0 Å². The van der Waals surface area contributed by atoms with Crippen LogP contribution in [-0.4, -0.2) is 63.0 Å². The first-order valence-corrected chi connectivity index (χ1v) is 8.31. The fraction of sp³-hybridized carbons (Fsp3) is 1.00. The summed E-state index contributed by atoms with van der Waals surface area (Å²) in [5.74, 6) is 0.704. The molecule has 0 saturated carbocycles. The molecule has 4 heteroatoms. The van der Waals surface area contributed by atoms with Crippen LogP contribution in [0.1, 0.15) is 40.5 Å². The lowest BCUT2D eigenvalue weighted by molar-refractivity contribution is -0.0178. The maximum absolute atomic E-state index is 6.00. The van der Waals surface area contributed by atoms with Crippen LogP contribution in [0.5, 0.6) is 0 Å². The lowest BCUT2D eigenvalue weighted by atomic mass is 10.2. The molecule has 1 saturated heterocycles. The Balaban J connectivity index is 2.01. The second kappa shape index (κ2) is 10.6. The molecule has 120 valence electrons. The van der Waals surface area contributed by atoms with Crippen molar-refractivity contribution < 1.29 is 9.47 Å². The van der Waals surface area contributed by atoms with Crippen molar-refractivity contribution in [2.24, 2.45) is 5.92 Å². The zero-order valence-electron chi connectivity index (χ0n) is 13.9. The number of nitrogens with one attached hydrogen (secondary N) is 1. The molecule has 1 N–H and O–H groups in total. The molecule has 2 unspecified atom stereocenters. The zero-order chi connectivity index (χ0) is 14.8. The summed E-state index contributed by atoms with van der Waals surface area (Å²) in [5.41, 5.74) is 0. The van der Waals surface area contributed by atoms with Gasteiger partial charge in [0, 0.05) is 13.1 Å². The molecule has 0 radical (unpaired) electrons. The van der Waals surface area contributed by atoms with Gasteiger partial charge in [0.25, 0.3) is 0 Å². The molecule has 1 fully saturated rings. The predicted octanol–water partition coefficient (Wildman–Crippen LogP) is 2.14. The van der Waals surface area contributed by atoms with Crippen LogP contribution in [0.2, 0.25) is 0 Å². The number of nitrogens with zero attached hydrogens (tertiary/aromatic N) is 1. The molecule has 0 aromatic carbocycles. The molecule has 1 rings (SSSR count).